The number of halogens is 2. The zero-order valence-electron chi connectivity index (χ0n) is 10.2. The van der Waals surface area contributed by atoms with Crippen LogP contribution in [0.3, 0.4) is 0 Å². The number of rotatable bonds is 7. The maximum Gasteiger partial charge on any atom is 0.298 e. The number of anilines is 1. The summed E-state index contributed by atoms with van der Waals surface area (Å²) in [5.41, 5.74) is 0.247. The summed E-state index contributed by atoms with van der Waals surface area (Å²) in [6, 6.07) is 4.44. The Bertz CT molecular complexity index is 602. The van der Waals surface area contributed by atoms with Crippen molar-refractivity contribution in [3.63, 3.8) is 0 Å². The Labute approximate surface area is 111 Å². The molecule has 0 aliphatic carbocycles. The van der Waals surface area contributed by atoms with Gasteiger partial charge >= 0.3 is 0 Å². The van der Waals surface area contributed by atoms with Crippen molar-refractivity contribution in [3.05, 3.63) is 28.3 Å². The summed E-state index contributed by atoms with van der Waals surface area (Å²) in [5.74, 6) is 0. The van der Waals surface area contributed by atoms with E-state index in [4.69, 9.17) is 4.42 Å². The van der Waals surface area contributed by atoms with Crippen molar-refractivity contribution in [1.29, 1.82) is 0 Å². The second-order valence-corrected chi connectivity index (χ2v) is 3.79. The largest absolute Gasteiger partial charge is 0.423 e. The second kappa shape index (κ2) is 6.24. The lowest BCUT2D eigenvalue weighted by atomic mass is 10.3. The first-order valence-electron chi connectivity index (χ1n) is 5.71. The summed E-state index contributed by atoms with van der Waals surface area (Å²) in [4.78, 5) is 14.2. The van der Waals surface area contributed by atoms with E-state index in [-0.39, 0.29) is 36.0 Å². The quantitative estimate of drug-likeness (QED) is 0.478. The van der Waals surface area contributed by atoms with Gasteiger partial charge in [-0.25, -0.2) is 8.78 Å². The van der Waals surface area contributed by atoms with Gasteiger partial charge in [0.25, 0.3) is 18.1 Å². The number of alkyl halides is 2. The topological polar surface area (TPSA) is 90.4 Å². The van der Waals surface area contributed by atoms with Crippen LogP contribution in [0.15, 0.2) is 22.6 Å². The van der Waals surface area contributed by atoms with E-state index in [0.29, 0.717) is 0 Å². The van der Waals surface area contributed by atoms with Crippen molar-refractivity contribution in [3.8, 4) is 0 Å². The van der Waals surface area contributed by atoms with Crippen LogP contribution in [0.25, 0.3) is 11.1 Å². The van der Waals surface area contributed by atoms with Gasteiger partial charge in [-0.2, -0.15) is 4.98 Å². The molecular weight excluding hydrogens is 276 g/mol. The zero-order chi connectivity index (χ0) is 14.5. The van der Waals surface area contributed by atoms with Crippen LogP contribution >= 0.6 is 0 Å². The van der Waals surface area contributed by atoms with Gasteiger partial charge in [0.05, 0.1) is 11.5 Å². The molecule has 0 unspecified atom stereocenters. The lowest BCUT2D eigenvalue weighted by molar-refractivity contribution is -0.383. The predicted molar refractivity (Wildman–Crippen MR) is 66.0 cm³/mol. The van der Waals surface area contributed by atoms with Gasteiger partial charge in [-0.3, -0.25) is 10.1 Å². The van der Waals surface area contributed by atoms with Crippen LogP contribution in [-0.2, 0) is 4.74 Å². The molecule has 108 valence electrons. The molecule has 0 bridgehead atoms. The van der Waals surface area contributed by atoms with E-state index in [0.717, 1.165) is 0 Å². The van der Waals surface area contributed by atoms with E-state index in [2.05, 4.69) is 15.0 Å². The molecule has 1 heterocycles. The van der Waals surface area contributed by atoms with Crippen LogP contribution in [0.2, 0.25) is 0 Å². The molecule has 0 radical (unpaired) electrons. The van der Waals surface area contributed by atoms with Gasteiger partial charge < -0.3 is 14.5 Å². The highest BCUT2D eigenvalue weighted by atomic mass is 19.3. The first-order valence-corrected chi connectivity index (χ1v) is 5.71. The Hall–Kier alpha value is -2.29. The molecular formula is C11H11F2N3O4. The van der Waals surface area contributed by atoms with Crippen LogP contribution in [0.1, 0.15) is 0 Å². The zero-order valence-corrected chi connectivity index (χ0v) is 10.2. The third-order valence-electron chi connectivity index (χ3n) is 2.36. The summed E-state index contributed by atoms with van der Waals surface area (Å²) in [7, 11) is 0. The van der Waals surface area contributed by atoms with E-state index in [9.17, 15) is 18.9 Å². The van der Waals surface area contributed by atoms with Crippen LogP contribution in [-0.4, -0.2) is 36.1 Å². The van der Waals surface area contributed by atoms with E-state index in [1.165, 1.54) is 12.1 Å². The molecule has 0 fully saturated rings. The van der Waals surface area contributed by atoms with Gasteiger partial charge in [0.2, 0.25) is 0 Å². The third kappa shape index (κ3) is 3.38. The number of benzene rings is 1. The average Bonchev–Trinajstić information content (AvgIpc) is 2.80. The number of hydrogen-bond donors (Lipinski definition) is 1. The molecule has 0 aliphatic heterocycles. The molecule has 20 heavy (non-hydrogen) atoms. The molecule has 0 atom stereocenters. The van der Waals surface area contributed by atoms with Crippen molar-refractivity contribution < 1.29 is 22.9 Å². The number of nitro benzene ring substituents is 1. The fourth-order valence-electron chi connectivity index (χ4n) is 1.56. The second-order valence-electron chi connectivity index (χ2n) is 3.79. The molecule has 0 aliphatic rings. The SMILES string of the molecule is O=[N+]([O-])c1cccc2oc(NCCOCC(F)F)nc12. The number of aromatic nitrogens is 1. The van der Waals surface area contributed by atoms with Crippen molar-refractivity contribution in [2.75, 3.05) is 25.1 Å². The van der Waals surface area contributed by atoms with Crippen LogP contribution < -0.4 is 5.32 Å². The van der Waals surface area contributed by atoms with Crippen LogP contribution in [0.5, 0.6) is 0 Å². The number of fused-ring (bicyclic) bond motifs is 1. The first-order chi connectivity index (χ1) is 9.58. The Morgan fingerprint density at radius 3 is 3.00 bits per heavy atom. The minimum absolute atomic E-state index is 0.0468. The highest BCUT2D eigenvalue weighted by Gasteiger charge is 2.17. The highest BCUT2D eigenvalue weighted by molar-refractivity contribution is 5.83. The van der Waals surface area contributed by atoms with Crippen LogP contribution in [0.4, 0.5) is 20.5 Å². The van der Waals surface area contributed by atoms with Crippen LogP contribution in [0, 0.1) is 10.1 Å². The molecule has 1 N–H and O–H groups in total. The Balaban J connectivity index is 1.98. The van der Waals surface area contributed by atoms with Gasteiger partial charge in [0, 0.05) is 12.6 Å². The summed E-state index contributed by atoms with van der Waals surface area (Å²) < 4.78 is 33.5. The van der Waals surface area contributed by atoms with Gasteiger partial charge in [0.1, 0.15) is 6.61 Å². The molecule has 2 rings (SSSR count). The molecule has 0 saturated carbocycles. The lowest BCUT2D eigenvalue weighted by Gasteiger charge is -2.03. The smallest absolute Gasteiger partial charge is 0.298 e. The summed E-state index contributed by atoms with van der Waals surface area (Å²) in [5, 5.41) is 13.5. The molecule has 0 spiro atoms. The Morgan fingerprint density at radius 2 is 2.30 bits per heavy atom. The monoisotopic (exact) mass is 287 g/mol. The molecule has 9 heteroatoms. The fourth-order valence-corrected chi connectivity index (χ4v) is 1.56. The van der Waals surface area contributed by atoms with Crippen molar-refractivity contribution in [2.45, 2.75) is 6.43 Å². The molecule has 1 aromatic heterocycles. The normalized spacial score (nSPS) is 11.2. The maximum absolute atomic E-state index is 11.8. The van der Waals surface area contributed by atoms with E-state index < -0.39 is 18.0 Å². The standard InChI is InChI=1S/C11H11F2N3O4/c12-9(13)6-19-5-4-14-11-15-10-7(16(17)18)2-1-3-8(10)20-11/h1-3,9H,4-6H2,(H,14,15). The van der Waals surface area contributed by atoms with Gasteiger partial charge in [-0.05, 0) is 6.07 Å². The van der Waals surface area contributed by atoms with Crippen molar-refractivity contribution in [2.24, 2.45) is 0 Å². The van der Waals surface area contributed by atoms with Crippen molar-refractivity contribution in [1.82, 2.24) is 4.98 Å². The van der Waals surface area contributed by atoms with E-state index in [1.54, 1.807) is 6.07 Å². The highest BCUT2D eigenvalue weighted by Crippen LogP contribution is 2.27. The molecule has 0 saturated heterocycles. The molecule has 0 amide bonds. The average molecular weight is 287 g/mol. The summed E-state index contributed by atoms with van der Waals surface area (Å²) >= 11 is 0. The first kappa shape index (κ1) is 14.1. The number of nitrogens with zero attached hydrogens (tertiary/aromatic N) is 2. The van der Waals surface area contributed by atoms with Gasteiger partial charge in [-0.15, -0.1) is 0 Å². The minimum Gasteiger partial charge on any atom is -0.423 e. The maximum atomic E-state index is 11.8. The third-order valence-corrected chi connectivity index (χ3v) is 2.36. The Kier molecular flexibility index (Phi) is 4.41. The van der Waals surface area contributed by atoms with Crippen molar-refractivity contribution >= 4 is 22.8 Å². The number of nitrogens with one attached hydrogen (secondary N) is 1. The molecule has 2 aromatic rings. The van der Waals surface area contributed by atoms with E-state index >= 15 is 0 Å². The molecule has 1 aromatic carbocycles. The lowest BCUT2D eigenvalue weighted by Crippen LogP contribution is -2.13. The number of oxazole rings is 1. The minimum atomic E-state index is -2.51. The van der Waals surface area contributed by atoms with Gasteiger partial charge in [0.15, 0.2) is 11.1 Å². The number of ether oxygens (including phenoxy) is 1. The number of non-ortho nitro benzene ring substituents is 1. The van der Waals surface area contributed by atoms with E-state index in [1.807, 2.05) is 0 Å². The summed E-state index contributed by atoms with van der Waals surface area (Å²) in [6.07, 6.45) is -2.51. The predicted octanol–water partition coefficient (Wildman–Crippen LogP) is 2.43. The fraction of sp³-hybridized carbons (Fsp3) is 0.364. The number of para-hydroxylation sites is 1. The number of nitro groups is 1. The number of hydrogen-bond acceptors (Lipinski definition) is 6. The molecule has 7 nitrogen and oxygen atoms in total. The summed E-state index contributed by atoms with van der Waals surface area (Å²) in [6.45, 7) is -0.390. The Morgan fingerprint density at radius 1 is 1.50 bits per heavy atom. The van der Waals surface area contributed by atoms with Gasteiger partial charge in [-0.1, -0.05) is 6.07 Å².